The summed E-state index contributed by atoms with van der Waals surface area (Å²) in [6, 6.07) is 11.8. The Labute approximate surface area is 150 Å². The Morgan fingerprint density at radius 2 is 2.08 bits per heavy atom. The number of H-pyrrole nitrogens is 1. The van der Waals surface area contributed by atoms with Crippen LogP contribution in [0.4, 0.5) is 11.4 Å². The minimum atomic E-state index is -0.157. The van der Waals surface area contributed by atoms with Crippen molar-refractivity contribution in [3.8, 4) is 0 Å². The number of amides is 1. The molecular weight excluding hydrogens is 336 g/mol. The van der Waals surface area contributed by atoms with Crippen LogP contribution in [0.2, 0.25) is 5.02 Å². The molecule has 3 N–H and O–H groups in total. The van der Waals surface area contributed by atoms with Gasteiger partial charge >= 0.3 is 0 Å². The van der Waals surface area contributed by atoms with Crippen LogP contribution >= 0.6 is 11.6 Å². The molecule has 0 aliphatic carbocycles. The highest BCUT2D eigenvalue weighted by molar-refractivity contribution is 6.33. The Bertz CT molecular complexity index is 1040. The van der Waals surface area contributed by atoms with Crippen molar-refractivity contribution in [3.05, 3.63) is 58.2 Å². The molecule has 5 nitrogen and oxygen atoms in total. The molecule has 1 aromatic heterocycles. The Morgan fingerprint density at radius 3 is 2.92 bits per heavy atom. The first-order valence-corrected chi connectivity index (χ1v) is 8.66. The molecule has 0 saturated carbocycles. The van der Waals surface area contributed by atoms with E-state index in [0.29, 0.717) is 22.8 Å². The van der Waals surface area contributed by atoms with E-state index in [1.807, 2.05) is 18.0 Å². The van der Waals surface area contributed by atoms with Gasteiger partial charge in [0.1, 0.15) is 6.17 Å². The van der Waals surface area contributed by atoms with Gasteiger partial charge in [0.05, 0.1) is 27.7 Å². The third-order valence-electron chi connectivity index (χ3n) is 5.36. The van der Waals surface area contributed by atoms with Gasteiger partial charge in [-0.25, -0.2) is 0 Å². The van der Waals surface area contributed by atoms with Gasteiger partial charge in [0.25, 0.3) is 5.91 Å². The van der Waals surface area contributed by atoms with E-state index in [1.54, 1.807) is 12.1 Å². The number of carbonyl (C=O) groups is 1. The quantitative estimate of drug-likeness (QED) is 0.608. The Kier molecular flexibility index (Phi) is 2.89. The second-order valence-electron chi connectivity index (χ2n) is 6.69. The van der Waals surface area contributed by atoms with Gasteiger partial charge in [-0.05, 0) is 30.2 Å². The van der Waals surface area contributed by atoms with Crippen molar-refractivity contribution in [2.45, 2.75) is 12.6 Å². The van der Waals surface area contributed by atoms with Gasteiger partial charge < -0.3 is 20.5 Å². The van der Waals surface area contributed by atoms with E-state index >= 15 is 0 Å². The highest BCUT2D eigenvalue weighted by Crippen LogP contribution is 2.44. The van der Waals surface area contributed by atoms with E-state index in [1.165, 1.54) is 10.9 Å². The van der Waals surface area contributed by atoms with Crippen LogP contribution in [0.25, 0.3) is 10.9 Å². The molecule has 126 valence electrons. The summed E-state index contributed by atoms with van der Waals surface area (Å²) in [5.74, 6) is 0.00535. The molecule has 2 aromatic carbocycles. The van der Waals surface area contributed by atoms with Gasteiger partial charge in [0.15, 0.2) is 0 Å². The maximum absolute atomic E-state index is 13.1. The van der Waals surface area contributed by atoms with Crippen molar-refractivity contribution in [2.24, 2.45) is 0 Å². The molecule has 5 rings (SSSR count). The van der Waals surface area contributed by atoms with Gasteiger partial charge in [-0.2, -0.15) is 0 Å². The van der Waals surface area contributed by atoms with Gasteiger partial charge in [0.2, 0.25) is 0 Å². The number of hydrogen-bond acceptors (Lipinski definition) is 3. The minimum absolute atomic E-state index is 0.00535. The van der Waals surface area contributed by atoms with Gasteiger partial charge in [0, 0.05) is 24.5 Å². The van der Waals surface area contributed by atoms with E-state index in [-0.39, 0.29) is 12.1 Å². The van der Waals surface area contributed by atoms with Crippen LogP contribution in [0, 0.1) is 0 Å². The highest BCUT2D eigenvalue weighted by atomic mass is 35.5. The van der Waals surface area contributed by atoms with Crippen LogP contribution in [0.1, 0.15) is 27.8 Å². The summed E-state index contributed by atoms with van der Waals surface area (Å²) in [6.45, 7) is 0.685. The number of hydrogen-bond donors (Lipinski definition) is 2. The number of aromatic nitrogens is 1. The number of halogens is 1. The predicted molar refractivity (Wildman–Crippen MR) is 100 cm³/mol. The molecule has 0 bridgehead atoms. The monoisotopic (exact) mass is 352 g/mol. The lowest BCUT2D eigenvalue weighted by Gasteiger charge is -2.46. The van der Waals surface area contributed by atoms with Crippen molar-refractivity contribution >= 4 is 39.8 Å². The Balaban J connectivity index is 1.73. The maximum atomic E-state index is 13.1. The summed E-state index contributed by atoms with van der Waals surface area (Å²) in [4.78, 5) is 20.6. The molecule has 1 amide bonds. The molecule has 2 aliphatic heterocycles. The van der Waals surface area contributed by atoms with E-state index in [4.69, 9.17) is 17.3 Å². The number of rotatable bonds is 0. The first kappa shape index (κ1) is 14.7. The number of nitrogens with one attached hydrogen (secondary N) is 1. The normalized spacial score (nSPS) is 19.0. The maximum Gasteiger partial charge on any atom is 0.258 e. The second-order valence-corrected chi connectivity index (χ2v) is 7.09. The van der Waals surface area contributed by atoms with E-state index < -0.39 is 0 Å². The number of benzene rings is 2. The molecular formula is C19H17ClN4O. The van der Waals surface area contributed by atoms with Crippen LogP contribution in [0.5, 0.6) is 0 Å². The second kappa shape index (κ2) is 4.92. The zero-order valence-corrected chi connectivity index (χ0v) is 14.5. The first-order chi connectivity index (χ1) is 12.1. The van der Waals surface area contributed by atoms with Crippen molar-refractivity contribution in [2.75, 3.05) is 24.2 Å². The third-order valence-corrected chi connectivity index (χ3v) is 5.68. The third kappa shape index (κ3) is 1.87. The number of aromatic amines is 1. The molecule has 1 unspecified atom stereocenters. The summed E-state index contributed by atoms with van der Waals surface area (Å²) in [7, 11) is 2.00. The SMILES string of the molecule is CN1c2cc(Cl)c(N)cc2C(=O)N2CCc3c([nH]c4ccccc34)C21. The molecule has 1 atom stereocenters. The Hall–Kier alpha value is -2.66. The van der Waals surface area contributed by atoms with Crippen LogP contribution < -0.4 is 10.6 Å². The summed E-state index contributed by atoms with van der Waals surface area (Å²) in [6.07, 6.45) is 0.684. The van der Waals surface area contributed by atoms with Crippen LogP contribution in [0.15, 0.2) is 36.4 Å². The van der Waals surface area contributed by atoms with E-state index in [0.717, 1.165) is 23.3 Å². The fraction of sp³-hybridized carbons (Fsp3) is 0.211. The number of anilines is 2. The highest BCUT2D eigenvalue weighted by Gasteiger charge is 2.41. The molecule has 0 radical (unpaired) electrons. The summed E-state index contributed by atoms with van der Waals surface area (Å²) >= 11 is 6.21. The molecule has 3 heterocycles. The zero-order chi connectivity index (χ0) is 17.3. The number of carbonyl (C=O) groups excluding carboxylic acids is 1. The lowest BCUT2D eigenvalue weighted by molar-refractivity contribution is 0.0635. The van der Waals surface area contributed by atoms with Crippen molar-refractivity contribution in [1.29, 1.82) is 0 Å². The van der Waals surface area contributed by atoms with Gasteiger partial charge in [-0.3, -0.25) is 4.79 Å². The van der Waals surface area contributed by atoms with E-state index in [2.05, 4.69) is 28.1 Å². The smallest absolute Gasteiger partial charge is 0.258 e. The largest absolute Gasteiger partial charge is 0.398 e. The predicted octanol–water partition coefficient (Wildman–Crippen LogP) is 3.55. The molecule has 6 heteroatoms. The fourth-order valence-corrected chi connectivity index (χ4v) is 4.32. The van der Waals surface area contributed by atoms with E-state index in [9.17, 15) is 4.79 Å². The molecule has 0 saturated heterocycles. The van der Waals surface area contributed by atoms with Crippen molar-refractivity contribution < 1.29 is 4.79 Å². The average Bonchev–Trinajstić information content (AvgIpc) is 2.99. The zero-order valence-electron chi connectivity index (χ0n) is 13.7. The molecule has 2 aliphatic rings. The fourth-order valence-electron chi connectivity index (χ4n) is 4.17. The van der Waals surface area contributed by atoms with Crippen molar-refractivity contribution in [3.63, 3.8) is 0 Å². The standard InChI is InChI=1S/C19H17ClN4O/c1-23-16-9-13(20)14(21)8-12(16)19(25)24-7-6-11-10-4-2-3-5-15(10)22-17(11)18(23)24/h2-5,8-9,18,22H,6-7,21H2,1H3. The minimum Gasteiger partial charge on any atom is -0.398 e. The summed E-state index contributed by atoms with van der Waals surface area (Å²) < 4.78 is 0. The Morgan fingerprint density at radius 1 is 1.28 bits per heavy atom. The van der Waals surface area contributed by atoms with Crippen LogP contribution in [0.3, 0.4) is 0 Å². The molecule has 3 aromatic rings. The lowest BCUT2D eigenvalue weighted by atomic mass is 9.96. The average molecular weight is 353 g/mol. The topological polar surface area (TPSA) is 65.4 Å². The van der Waals surface area contributed by atoms with Crippen molar-refractivity contribution in [1.82, 2.24) is 9.88 Å². The summed E-state index contributed by atoms with van der Waals surface area (Å²) in [5, 5.41) is 1.71. The molecule has 0 fully saturated rings. The van der Waals surface area contributed by atoms with Gasteiger partial charge in [-0.15, -0.1) is 0 Å². The number of nitrogens with two attached hydrogens (primary N) is 1. The molecule has 25 heavy (non-hydrogen) atoms. The number of fused-ring (bicyclic) bond motifs is 6. The van der Waals surface area contributed by atoms with Crippen LogP contribution in [-0.4, -0.2) is 29.4 Å². The first-order valence-electron chi connectivity index (χ1n) is 8.28. The van der Waals surface area contributed by atoms with Gasteiger partial charge in [-0.1, -0.05) is 29.8 Å². The number of para-hydroxylation sites is 1. The molecule has 0 spiro atoms. The number of nitrogens with zero attached hydrogens (tertiary/aromatic N) is 2. The number of nitrogen functional groups attached to an aromatic ring is 1. The van der Waals surface area contributed by atoms with Crippen LogP contribution in [-0.2, 0) is 6.42 Å². The lowest BCUT2D eigenvalue weighted by Crippen LogP contribution is -2.51. The summed E-state index contributed by atoms with van der Waals surface area (Å²) in [5.41, 5.74) is 11.3.